The highest BCUT2D eigenvalue weighted by Gasteiger charge is 1.97. The van der Waals surface area contributed by atoms with E-state index in [9.17, 15) is 4.39 Å². The molecule has 1 nitrogen and oxygen atoms in total. The minimum Gasteiger partial charge on any atom is -0.390 e. The maximum Gasteiger partial charge on any atom is 0.130 e. The first-order valence-electron chi connectivity index (χ1n) is 3.83. The van der Waals surface area contributed by atoms with Crippen molar-refractivity contribution in [2.45, 2.75) is 6.92 Å². The van der Waals surface area contributed by atoms with E-state index in [2.05, 4.69) is 12.2 Å². The molecule has 0 saturated heterocycles. The Morgan fingerprint density at radius 3 is 2.77 bits per heavy atom. The van der Waals surface area contributed by atoms with Crippen molar-refractivity contribution in [3.63, 3.8) is 0 Å². The largest absolute Gasteiger partial charge is 0.390 e. The number of rotatable bonds is 2. The Morgan fingerprint density at radius 2 is 2.23 bits per heavy atom. The normalized spacial score (nSPS) is 10.6. The second-order valence-corrected chi connectivity index (χ2v) is 3.23. The third-order valence-corrected chi connectivity index (χ3v) is 1.72. The van der Waals surface area contributed by atoms with E-state index in [1.807, 2.05) is 13.0 Å². The number of aryl methyl sites for hydroxylation is 1. The molecule has 0 bridgehead atoms. The molecule has 0 unspecified atom stereocenters. The Labute approximate surface area is 82.1 Å². The third-order valence-electron chi connectivity index (χ3n) is 1.58. The molecule has 0 amide bonds. The Morgan fingerprint density at radius 1 is 1.54 bits per heavy atom. The maximum atomic E-state index is 13.2. The van der Waals surface area contributed by atoms with E-state index in [1.54, 1.807) is 12.1 Å². The lowest BCUT2D eigenvalue weighted by Gasteiger charge is -1.97. The minimum atomic E-state index is -0.257. The van der Waals surface area contributed by atoms with Gasteiger partial charge in [0.1, 0.15) is 5.82 Å². The fraction of sp³-hybridized carbons (Fsp3) is 0.100. The molecule has 1 rings (SSSR count). The fourth-order valence-electron chi connectivity index (χ4n) is 0.939. The van der Waals surface area contributed by atoms with Crippen LogP contribution in [0.25, 0.3) is 6.08 Å². The summed E-state index contributed by atoms with van der Waals surface area (Å²) in [6.45, 7) is 1.84. The molecule has 3 heteroatoms. The van der Waals surface area contributed by atoms with Gasteiger partial charge in [-0.2, -0.15) is 0 Å². The van der Waals surface area contributed by atoms with Crippen LogP contribution < -0.4 is 5.73 Å². The van der Waals surface area contributed by atoms with Crippen molar-refractivity contribution >= 4 is 23.3 Å². The summed E-state index contributed by atoms with van der Waals surface area (Å²) in [6, 6.07) is 5.00. The van der Waals surface area contributed by atoms with Crippen molar-refractivity contribution in [1.82, 2.24) is 0 Å². The van der Waals surface area contributed by atoms with Crippen molar-refractivity contribution in [1.29, 1.82) is 0 Å². The van der Waals surface area contributed by atoms with Crippen molar-refractivity contribution in [3.8, 4) is 0 Å². The molecule has 1 aromatic rings. The molecule has 2 N–H and O–H groups in total. The first-order valence-corrected chi connectivity index (χ1v) is 4.24. The van der Waals surface area contributed by atoms with Gasteiger partial charge in [0.05, 0.1) is 4.99 Å². The van der Waals surface area contributed by atoms with Crippen LogP contribution >= 0.6 is 12.2 Å². The zero-order valence-electron chi connectivity index (χ0n) is 7.25. The second kappa shape index (κ2) is 4.14. The molecule has 0 aliphatic carbocycles. The minimum absolute atomic E-state index is 0.250. The molecular formula is C10H10FNS. The molecule has 0 saturated carbocycles. The van der Waals surface area contributed by atoms with Crippen molar-refractivity contribution in [2.75, 3.05) is 0 Å². The lowest BCUT2D eigenvalue weighted by atomic mass is 10.1. The van der Waals surface area contributed by atoms with E-state index >= 15 is 0 Å². The molecule has 13 heavy (non-hydrogen) atoms. The first-order chi connectivity index (χ1) is 6.09. The SMILES string of the molecule is Cc1ccc(/C=C/C(N)=S)c(F)c1. The highest BCUT2D eigenvalue weighted by Crippen LogP contribution is 2.11. The van der Waals surface area contributed by atoms with Gasteiger partial charge in [-0.05, 0) is 30.7 Å². The summed E-state index contributed by atoms with van der Waals surface area (Å²) < 4.78 is 13.2. The monoisotopic (exact) mass is 195 g/mol. The zero-order valence-corrected chi connectivity index (χ0v) is 8.07. The predicted molar refractivity (Wildman–Crippen MR) is 57.0 cm³/mol. The summed E-state index contributed by atoms with van der Waals surface area (Å²) >= 11 is 4.63. The summed E-state index contributed by atoms with van der Waals surface area (Å²) in [5.41, 5.74) is 6.63. The van der Waals surface area contributed by atoms with E-state index in [1.165, 1.54) is 12.1 Å². The smallest absolute Gasteiger partial charge is 0.130 e. The molecule has 0 atom stereocenters. The summed E-state index contributed by atoms with van der Waals surface area (Å²) in [5.74, 6) is -0.257. The number of hydrogen-bond donors (Lipinski definition) is 1. The molecule has 0 fully saturated rings. The molecule has 0 aliphatic rings. The van der Waals surface area contributed by atoms with Gasteiger partial charge in [-0.15, -0.1) is 0 Å². The van der Waals surface area contributed by atoms with Crippen molar-refractivity contribution in [2.24, 2.45) is 5.73 Å². The van der Waals surface area contributed by atoms with Gasteiger partial charge in [0.25, 0.3) is 0 Å². The number of nitrogens with two attached hydrogens (primary N) is 1. The van der Waals surface area contributed by atoms with Crippen LogP contribution in [0.5, 0.6) is 0 Å². The van der Waals surface area contributed by atoms with Crippen LogP contribution in [0.15, 0.2) is 24.3 Å². The molecule has 0 spiro atoms. The average molecular weight is 195 g/mol. The molecule has 68 valence electrons. The maximum absolute atomic E-state index is 13.2. The number of halogens is 1. The molecule has 0 heterocycles. The quantitative estimate of drug-likeness (QED) is 0.579. The number of benzene rings is 1. The lowest BCUT2D eigenvalue weighted by molar-refractivity contribution is 0.624. The van der Waals surface area contributed by atoms with Gasteiger partial charge in [-0.3, -0.25) is 0 Å². The zero-order chi connectivity index (χ0) is 9.84. The van der Waals surface area contributed by atoms with Crippen LogP contribution in [0.1, 0.15) is 11.1 Å². The summed E-state index contributed by atoms with van der Waals surface area (Å²) in [5, 5.41) is 0. The summed E-state index contributed by atoms with van der Waals surface area (Å²) in [6.07, 6.45) is 3.07. The van der Waals surface area contributed by atoms with E-state index < -0.39 is 0 Å². The average Bonchev–Trinajstić information content (AvgIpc) is 2.02. The van der Waals surface area contributed by atoms with Gasteiger partial charge >= 0.3 is 0 Å². The van der Waals surface area contributed by atoms with Crippen LogP contribution in [0.2, 0.25) is 0 Å². The van der Waals surface area contributed by atoms with E-state index in [-0.39, 0.29) is 10.8 Å². The Kier molecular flexibility index (Phi) is 3.14. The molecule has 0 radical (unpaired) electrons. The highest BCUT2D eigenvalue weighted by molar-refractivity contribution is 7.80. The highest BCUT2D eigenvalue weighted by atomic mass is 32.1. The van der Waals surface area contributed by atoms with E-state index in [0.717, 1.165) is 5.56 Å². The summed E-state index contributed by atoms with van der Waals surface area (Å²) in [4.78, 5) is 0.250. The van der Waals surface area contributed by atoms with Crippen molar-refractivity contribution in [3.05, 3.63) is 41.2 Å². The van der Waals surface area contributed by atoms with Crippen LogP contribution in [0, 0.1) is 12.7 Å². The third kappa shape index (κ3) is 2.95. The lowest BCUT2D eigenvalue weighted by Crippen LogP contribution is -2.02. The molecule has 1 aromatic carbocycles. The van der Waals surface area contributed by atoms with Crippen LogP contribution in [0.4, 0.5) is 4.39 Å². The van der Waals surface area contributed by atoms with Crippen molar-refractivity contribution < 1.29 is 4.39 Å². The molecule has 0 aliphatic heterocycles. The van der Waals surface area contributed by atoms with Gasteiger partial charge in [0.15, 0.2) is 0 Å². The molecule has 0 aromatic heterocycles. The molecular weight excluding hydrogens is 185 g/mol. The topological polar surface area (TPSA) is 26.0 Å². The fourth-order valence-corrected chi connectivity index (χ4v) is 1.01. The Hall–Kier alpha value is -1.22. The van der Waals surface area contributed by atoms with Crippen LogP contribution in [-0.4, -0.2) is 4.99 Å². The Bertz CT molecular complexity index is 358. The van der Waals surface area contributed by atoms with Gasteiger partial charge in [-0.25, -0.2) is 4.39 Å². The van der Waals surface area contributed by atoms with Gasteiger partial charge in [0, 0.05) is 5.56 Å². The van der Waals surface area contributed by atoms with Gasteiger partial charge < -0.3 is 5.73 Å². The first kappa shape index (κ1) is 9.86. The standard InChI is InChI=1S/C10H10FNS/c1-7-2-3-8(9(11)6-7)4-5-10(12)13/h2-6H,1H3,(H2,12,13)/b5-4+. The summed E-state index contributed by atoms with van der Waals surface area (Å²) in [7, 11) is 0. The predicted octanol–water partition coefficient (Wildman–Crippen LogP) is 2.43. The van der Waals surface area contributed by atoms with Crippen LogP contribution in [-0.2, 0) is 0 Å². The number of hydrogen-bond acceptors (Lipinski definition) is 1. The number of thiocarbonyl (C=S) groups is 1. The van der Waals surface area contributed by atoms with Gasteiger partial charge in [-0.1, -0.05) is 24.4 Å². The second-order valence-electron chi connectivity index (χ2n) is 2.76. The van der Waals surface area contributed by atoms with Crippen LogP contribution in [0.3, 0.4) is 0 Å². The van der Waals surface area contributed by atoms with E-state index in [0.29, 0.717) is 5.56 Å². The van der Waals surface area contributed by atoms with E-state index in [4.69, 9.17) is 5.73 Å². The van der Waals surface area contributed by atoms with Gasteiger partial charge in [0.2, 0.25) is 0 Å². The Balaban J connectivity index is 2.96.